The molecule has 8 heteroatoms. The molecule has 0 aromatic heterocycles. The standard InChI is InChI=1S/C26H34N4O4/c1-18-7-9-20(10-8-18)26(21-11-12-23(27)22(13-21)15-28-16-25(32)33)30-34-17-24(31)29-14-19-5-3-2-4-6-19/h7-13,19,28H,2-6,14-17,27H2,1H3,(H,29,31)(H,32,33)/b30-26-. The molecule has 0 bridgehead atoms. The number of carboxylic acid groups (broad SMARTS) is 1. The van der Waals surface area contributed by atoms with Crippen molar-refractivity contribution in [3.63, 3.8) is 0 Å². The van der Waals surface area contributed by atoms with Crippen LogP contribution in [0.5, 0.6) is 0 Å². The fourth-order valence-electron chi connectivity index (χ4n) is 4.05. The van der Waals surface area contributed by atoms with Gasteiger partial charge in [-0.15, -0.1) is 0 Å². The molecule has 1 saturated carbocycles. The Morgan fingerprint density at radius 1 is 1.09 bits per heavy atom. The quantitative estimate of drug-likeness (QED) is 0.229. The van der Waals surface area contributed by atoms with Gasteiger partial charge in [0, 0.05) is 29.9 Å². The molecule has 5 N–H and O–H groups in total. The number of carbonyl (C=O) groups excluding carboxylic acids is 1. The van der Waals surface area contributed by atoms with Crippen LogP contribution in [0.25, 0.3) is 0 Å². The predicted molar refractivity (Wildman–Crippen MR) is 133 cm³/mol. The van der Waals surface area contributed by atoms with E-state index in [9.17, 15) is 9.59 Å². The molecule has 0 aliphatic heterocycles. The molecular weight excluding hydrogens is 432 g/mol. The molecule has 1 aliphatic carbocycles. The third-order valence-corrected chi connectivity index (χ3v) is 6.00. The van der Waals surface area contributed by atoms with Gasteiger partial charge in [-0.05, 0) is 43.4 Å². The summed E-state index contributed by atoms with van der Waals surface area (Å²) in [6.07, 6.45) is 6.08. The lowest BCUT2D eigenvalue weighted by atomic mass is 9.89. The molecule has 1 amide bonds. The zero-order valence-electron chi connectivity index (χ0n) is 19.7. The molecule has 3 rings (SSSR count). The van der Waals surface area contributed by atoms with E-state index in [2.05, 4.69) is 15.8 Å². The molecule has 1 fully saturated rings. The molecule has 2 aromatic carbocycles. The maximum atomic E-state index is 12.3. The second-order valence-electron chi connectivity index (χ2n) is 8.80. The number of amides is 1. The van der Waals surface area contributed by atoms with Gasteiger partial charge < -0.3 is 26.3 Å². The van der Waals surface area contributed by atoms with Crippen molar-refractivity contribution in [1.82, 2.24) is 10.6 Å². The average molecular weight is 467 g/mol. The lowest BCUT2D eigenvalue weighted by molar-refractivity contribution is -0.136. The number of hydrogen-bond donors (Lipinski definition) is 4. The van der Waals surface area contributed by atoms with Gasteiger partial charge in [-0.1, -0.05) is 60.3 Å². The van der Waals surface area contributed by atoms with E-state index in [-0.39, 0.29) is 19.1 Å². The number of nitrogens with two attached hydrogens (primary N) is 1. The van der Waals surface area contributed by atoms with Crippen LogP contribution in [0.2, 0.25) is 0 Å². The highest BCUT2D eigenvalue weighted by Gasteiger charge is 2.15. The summed E-state index contributed by atoms with van der Waals surface area (Å²) >= 11 is 0. The van der Waals surface area contributed by atoms with Gasteiger partial charge in [-0.2, -0.15) is 0 Å². The van der Waals surface area contributed by atoms with Crippen molar-refractivity contribution < 1.29 is 19.5 Å². The fourth-order valence-corrected chi connectivity index (χ4v) is 4.05. The van der Waals surface area contributed by atoms with Crippen molar-refractivity contribution >= 4 is 23.3 Å². The Labute approximate surface area is 200 Å². The highest BCUT2D eigenvalue weighted by Crippen LogP contribution is 2.22. The van der Waals surface area contributed by atoms with Crippen LogP contribution in [0.3, 0.4) is 0 Å². The van der Waals surface area contributed by atoms with E-state index in [0.717, 1.165) is 35.1 Å². The van der Waals surface area contributed by atoms with Crippen molar-refractivity contribution in [2.45, 2.75) is 45.6 Å². The van der Waals surface area contributed by atoms with Gasteiger partial charge in [0.05, 0.1) is 6.54 Å². The monoisotopic (exact) mass is 466 g/mol. The first-order chi connectivity index (χ1) is 16.4. The Morgan fingerprint density at radius 2 is 1.79 bits per heavy atom. The van der Waals surface area contributed by atoms with Gasteiger partial charge in [0.2, 0.25) is 0 Å². The van der Waals surface area contributed by atoms with E-state index >= 15 is 0 Å². The molecule has 0 radical (unpaired) electrons. The van der Waals surface area contributed by atoms with Crippen LogP contribution in [0.4, 0.5) is 5.69 Å². The number of carboxylic acids is 1. The van der Waals surface area contributed by atoms with Gasteiger partial charge in [-0.25, -0.2) is 0 Å². The molecule has 2 aromatic rings. The molecule has 0 atom stereocenters. The molecule has 8 nitrogen and oxygen atoms in total. The minimum absolute atomic E-state index is 0.163. The molecule has 182 valence electrons. The number of nitrogen functional groups attached to an aromatic ring is 1. The molecule has 0 unspecified atom stereocenters. The zero-order chi connectivity index (χ0) is 24.3. The summed E-state index contributed by atoms with van der Waals surface area (Å²) in [5.41, 5.74) is 10.7. The average Bonchev–Trinajstić information content (AvgIpc) is 2.83. The van der Waals surface area contributed by atoms with Crippen LogP contribution in [0.15, 0.2) is 47.6 Å². The van der Waals surface area contributed by atoms with Gasteiger partial charge in [0.15, 0.2) is 6.61 Å². The van der Waals surface area contributed by atoms with E-state index < -0.39 is 5.97 Å². The van der Waals surface area contributed by atoms with Crippen molar-refractivity contribution in [1.29, 1.82) is 0 Å². The number of hydrogen-bond acceptors (Lipinski definition) is 6. The first-order valence-corrected chi connectivity index (χ1v) is 11.8. The first-order valence-electron chi connectivity index (χ1n) is 11.8. The minimum Gasteiger partial charge on any atom is -0.480 e. The van der Waals surface area contributed by atoms with E-state index in [1.807, 2.05) is 43.3 Å². The largest absolute Gasteiger partial charge is 0.480 e. The Hall–Kier alpha value is -3.39. The van der Waals surface area contributed by atoms with Crippen molar-refractivity contribution in [3.05, 3.63) is 64.7 Å². The number of oxime groups is 1. The van der Waals surface area contributed by atoms with Gasteiger partial charge >= 0.3 is 5.97 Å². The van der Waals surface area contributed by atoms with Crippen LogP contribution in [-0.4, -0.2) is 42.4 Å². The van der Waals surface area contributed by atoms with Gasteiger partial charge in [0.25, 0.3) is 5.91 Å². The van der Waals surface area contributed by atoms with E-state index in [1.54, 1.807) is 6.07 Å². The number of nitrogens with one attached hydrogen (secondary N) is 2. The van der Waals surface area contributed by atoms with E-state index in [0.29, 0.717) is 30.4 Å². The van der Waals surface area contributed by atoms with Gasteiger partial charge in [0.1, 0.15) is 5.71 Å². The van der Waals surface area contributed by atoms with E-state index in [1.165, 1.54) is 19.3 Å². The summed E-state index contributed by atoms with van der Waals surface area (Å²) in [7, 11) is 0. The maximum Gasteiger partial charge on any atom is 0.317 e. The number of aryl methyl sites for hydroxylation is 1. The normalized spacial score (nSPS) is 14.6. The Morgan fingerprint density at radius 3 is 2.50 bits per heavy atom. The number of carbonyl (C=O) groups is 2. The Kier molecular flexibility index (Phi) is 9.46. The summed E-state index contributed by atoms with van der Waals surface area (Å²) in [5, 5.41) is 19.0. The van der Waals surface area contributed by atoms with Gasteiger partial charge in [-0.3, -0.25) is 9.59 Å². The van der Waals surface area contributed by atoms with Crippen LogP contribution in [-0.2, 0) is 21.0 Å². The number of benzene rings is 2. The second-order valence-corrected chi connectivity index (χ2v) is 8.80. The lowest BCUT2D eigenvalue weighted by Gasteiger charge is -2.21. The molecule has 0 spiro atoms. The van der Waals surface area contributed by atoms with Crippen LogP contribution in [0.1, 0.15) is 54.4 Å². The van der Waals surface area contributed by atoms with Crippen molar-refractivity contribution in [3.8, 4) is 0 Å². The zero-order valence-corrected chi connectivity index (χ0v) is 19.7. The highest BCUT2D eigenvalue weighted by molar-refractivity contribution is 6.12. The first kappa shape index (κ1) is 25.2. The van der Waals surface area contributed by atoms with E-state index in [4.69, 9.17) is 15.7 Å². The molecule has 0 saturated heterocycles. The lowest BCUT2D eigenvalue weighted by Crippen LogP contribution is -2.32. The predicted octanol–water partition coefficient (Wildman–Crippen LogP) is 3.22. The number of aliphatic carboxylic acids is 1. The maximum absolute atomic E-state index is 12.3. The molecule has 0 heterocycles. The summed E-state index contributed by atoms with van der Waals surface area (Å²) in [5.74, 6) is -0.576. The highest BCUT2D eigenvalue weighted by atomic mass is 16.6. The summed E-state index contributed by atoms with van der Waals surface area (Å²) in [6.45, 7) is 2.66. The molecule has 34 heavy (non-hydrogen) atoms. The molecular formula is C26H34N4O4. The number of nitrogens with zero attached hydrogens (tertiary/aromatic N) is 1. The van der Waals surface area contributed by atoms with Crippen LogP contribution < -0.4 is 16.4 Å². The second kappa shape index (κ2) is 12.7. The summed E-state index contributed by atoms with van der Waals surface area (Å²) < 4.78 is 0. The summed E-state index contributed by atoms with van der Waals surface area (Å²) in [4.78, 5) is 28.6. The molecule has 1 aliphatic rings. The topological polar surface area (TPSA) is 126 Å². The van der Waals surface area contributed by atoms with Crippen molar-refractivity contribution in [2.75, 3.05) is 25.4 Å². The smallest absolute Gasteiger partial charge is 0.317 e. The summed E-state index contributed by atoms with van der Waals surface area (Å²) in [6, 6.07) is 13.3. The minimum atomic E-state index is -0.938. The fraction of sp³-hybridized carbons (Fsp3) is 0.423. The third-order valence-electron chi connectivity index (χ3n) is 6.00. The third kappa shape index (κ3) is 7.88. The van der Waals surface area contributed by atoms with Crippen LogP contribution in [0, 0.1) is 12.8 Å². The number of anilines is 1. The Bertz CT molecular complexity index is 998. The van der Waals surface area contributed by atoms with Crippen molar-refractivity contribution in [2.24, 2.45) is 11.1 Å². The number of rotatable bonds is 11. The SMILES string of the molecule is Cc1ccc(/C(=N/OCC(=O)NCC2CCCCC2)c2ccc(N)c(CNCC(=O)O)c2)cc1. The Balaban J connectivity index is 1.71. The van der Waals surface area contributed by atoms with Crippen LogP contribution >= 0.6 is 0 Å².